The van der Waals surface area contributed by atoms with Gasteiger partial charge in [-0.1, -0.05) is 60.8 Å². The Hall–Kier alpha value is -1.58. The van der Waals surface area contributed by atoms with Crippen molar-refractivity contribution in [2.75, 3.05) is 0 Å². The van der Waals surface area contributed by atoms with E-state index in [0.717, 1.165) is 12.5 Å². The van der Waals surface area contributed by atoms with Crippen molar-refractivity contribution < 1.29 is 13.2 Å². The van der Waals surface area contributed by atoms with E-state index in [-0.39, 0.29) is 11.6 Å². The van der Waals surface area contributed by atoms with Crippen molar-refractivity contribution in [3.8, 4) is 0 Å². The Balaban J connectivity index is -0.000000348. The molecule has 1 nitrogen and oxygen atoms in total. The van der Waals surface area contributed by atoms with Crippen molar-refractivity contribution in [2.24, 2.45) is 0 Å². The van der Waals surface area contributed by atoms with Crippen molar-refractivity contribution in [2.45, 2.75) is 79.8 Å². The van der Waals surface area contributed by atoms with Crippen molar-refractivity contribution in [1.82, 2.24) is 4.98 Å². The summed E-state index contributed by atoms with van der Waals surface area (Å²) in [6, 6.07) is 3.23. The van der Waals surface area contributed by atoms with Gasteiger partial charge in [-0.15, -0.1) is 0 Å². The smallest absolute Gasteiger partial charge is 0.255 e. The molecule has 1 heterocycles. The van der Waals surface area contributed by atoms with Gasteiger partial charge in [0.1, 0.15) is 11.4 Å². The monoisotopic (exact) mass is 359 g/mol. The molecule has 1 aromatic heterocycles. The van der Waals surface area contributed by atoms with Gasteiger partial charge < -0.3 is 0 Å². The van der Waals surface area contributed by atoms with Crippen LogP contribution in [0, 0.1) is 0 Å². The van der Waals surface area contributed by atoms with Gasteiger partial charge in [0.25, 0.3) is 5.92 Å². The standard InChI is InChI=1S/C10H13F2N.C7H11F.2C2H6/c1-7(2)8-4-5-13-9(6-8)10(3,11)12;1-5-6(2)7(3,4)8;2*1-2/h4-7H,1-3H3;5H,1-2H2,3-4H3;2*1-2H3. The number of allylic oxidation sites excluding steroid dienone is 2. The normalized spacial score (nSPS) is 10.3. The highest BCUT2D eigenvalue weighted by molar-refractivity contribution is 5.22. The van der Waals surface area contributed by atoms with E-state index in [1.165, 1.54) is 32.2 Å². The molecule has 146 valence electrons. The Labute approximate surface area is 153 Å². The number of rotatable bonds is 4. The van der Waals surface area contributed by atoms with Crippen LogP contribution in [0.25, 0.3) is 0 Å². The van der Waals surface area contributed by atoms with Gasteiger partial charge in [-0.05, 0) is 43.0 Å². The fourth-order valence-corrected chi connectivity index (χ4v) is 1.29. The van der Waals surface area contributed by atoms with E-state index in [4.69, 9.17) is 0 Å². The largest absolute Gasteiger partial charge is 0.286 e. The van der Waals surface area contributed by atoms with E-state index in [1.807, 2.05) is 41.5 Å². The molecule has 0 radical (unpaired) electrons. The molecule has 0 bridgehead atoms. The van der Waals surface area contributed by atoms with Gasteiger partial charge in [0.15, 0.2) is 0 Å². The zero-order valence-electron chi connectivity index (χ0n) is 17.4. The second kappa shape index (κ2) is 13.7. The fraction of sp³-hybridized carbons (Fsp3) is 0.571. The molecule has 25 heavy (non-hydrogen) atoms. The summed E-state index contributed by atoms with van der Waals surface area (Å²) in [5, 5.41) is 0. The number of pyridine rings is 1. The summed E-state index contributed by atoms with van der Waals surface area (Å²) in [6.07, 6.45) is 2.86. The lowest BCUT2D eigenvalue weighted by atomic mass is 10.0. The SMILES string of the molecule is C=CC(=C)C(C)(C)F.CC.CC.CC(C)c1ccnc(C(C)(F)F)c1. The number of alkyl halides is 3. The molecule has 0 N–H and O–H groups in total. The van der Waals surface area contributed by atoms with Crippen LogP contribution in [0.4, 0.5) is 13.2 Å². The first-order valence-electron chi connectivity index (χ1n) is 8.74. The molecule has 1 rings (SSSR count). The molecule has 4 heteroatoms. The molecule has 0 aliphatic rings. The van der Waals surface area contributed by atoms with Crippen LogP contribution < -0.4 is 0 Å². The van der Waals surface area contributed by atoms with Gasteiger partial charge in [0.2, 0.25) is 0 Å². The van der Waals surface area contributed by atoms with Gasteiger partial charge in [0.05, 0.1) is 0 Å². The first-order chi connectivity index (χ1) is 11.4. The summed E-state index contributed by atoms with van der Waals surface area (Å²) in [5.74, 6) is -2.59. The fourth-order valence-electron chi connectivity index (χ4n) is 1.29. The molecular weight excluding hydrogens is 323 g/mol. The van der Waals surface area contributed by atoms with Crippen molar-refractivity contribution in [3.63, 3.8) is 0 Å². The molecule has 0 saturated carbocycles. The Morgan fingerprint density at radius 1 is 1.08 bits per heavy atom. The minimum atomic E-state index is -2.84. The average molecular weight is 360 g/mol. The molecule has 0 unspecified atom stereocenters. The summed E-state index contributed by atoms with van der Waals surface area (Å²) in [4.78, 5) is 3.64. The third-order valence-electron chi connectivity index (χ3n) is 2.91. The summed E-state index contributed by atoms with van der Waals surface area (Å²) in [6.45, 7) is 22.5. The van der Waals surface area contributed by atoms with Gasteiger partial charge in [-0.25, -0.2) is 4.39 Å². The van der Waals surface area contributed by atoms with E-state index in [0.29, 0.717) is 5.57 Å². The topological polar surface area (TPSA) is 12.9 Å². The minimum Gasteiger partial charge on any atom is -0.255 e. The maximum Gasteiger partial charge on any atom is 0.286 e. The number of hydrogen-bond donors (Lipinski definition) is 0. The second-order valence-corrected chi connectivity index (χ2v) is 5.72. The number of nitrogens with zero attached hydrogens (tertiary/aromatic N) is 1. The predicted octanol–water partition coefficient (Wildman–Crippen LogP) is 7.85. The van der Waals surface area contributed by atoms with Gasteiger partial charge in [-0.2, -0.15) is 8.78 Å². The molecule has 0 fully saturated rings. The summed E-state index contributed by atoms with van der Waals surface area (Å²) in [7, 11) is 0. The van der Waals surface area contributed by atoms with E-state index in [2.05, 4.69) is 18.1 Å². The zero-order valence-corrected chi connectivity index (χ0v) is 17.4. The highest BCUT2D eigenvalue weighted by Crippen LogP contribution is 2.27. The van der Waals surface area contributed by atoms with Crippen LogP contribution in [-0.4, -0.2) is 10.7 Å². The van der Waals surface area contributed by atoms with Crippen LogP contribution in [0.2, 0.25) is 0 Å². The van der Waals surface area contributed by atoms with Crippen LogP contribution in [-0.2, 0) is 5.92 Å². The number of halogens is 3. The number of hydrogen-bond acceptors (Lipinski definition) is 1. The van der Waals surface area contributed by atoms with Gasteiger partial charge >= 0.3 is 0 Å². The maximum atomic E-state index is 12.8. The molecule has 0 aliphatic carbocycles. The molecule has 0 amide bonds. The Morgan fingerprint density at radius 2 is 1.52 bits per heavy atom. The molecule has 1 aromatic rings. The third kappa shape index (κ3) is 13.4. The summed E-state index contributed by atoms with van der Waals surface area (Å²) in [5.41, 5.74) is -0.135. The molecule has 0 aromatic carbocycles. The Kier molecular flexibility index (Phi) is 15.5. The van der Waals surface area contributed by atoms with E-state index in [1.54, 1.807) is 6.07 Å². The van der Waals surface area contributed by atoms with Crippen LogP contribution in [0.5, 0.6) is 0 Å². The zero-order chi connectivity index (χ0) is 20.8. The molecule has 0 aliphatic heterocycles. The quantitative estimate of drug-likeness (QED) is 0.499. The Morgan fingerprint density at radius 3 is 1.76 bits per heavy atom. The minimum absolute atomic E-state index is 0.154. The number of aromatic nitrogens is 1. The van der Waals surface area contributed by atoms with E-state index in [9.17, 15) is 13.2 Å². The highest BCUT2D eigenvalue weighted by atomic mass is 19.3. The van der Waals surface area contributed by atoms with E-state index >= 15 is 0 Å². The van der Waals surface area contributed by atoms with Crippen LogP contribution in [0.15, 0.2) is 43.1 Å². The molecule has 0 atom stereocenters. The summed E-state index contributed by atoms with van der Waals surface area (Å²) >= 11 is 0. The molecule has 0 spiro atoms. The van der Waals surface area contributed by atoms with Crippen molar-refractivity contribution >= 4 is 0 Å². The first kappa shape index (κ1) is 28.2. The third-order valence-corrected chi connectivity index (χ3v) is 2.91. The lowest BCUT2D eigenvalue weighted by Crippen LogP contribution is -2.12. The van der Waals surface area contributed by atoms with Crippen LogP contribution in [0.1, 0.15) is 79.5 Å². The first-order valence-corrected chi connectivity index (χ1v) is 8.74. The lowest BCUT2D eigenvalue weighted by molar-refractivity contribution is 0.0126. The van der Waals surface area contributed by atoms with Gasteiger partial charge in [0, 0.05) is 13.1 Å². The predicted molar refractivity (Wildman–Crippen MR) is 105 cm³/mol. The molecular formula is C21H36F3N. The Bertz CT molecular complexity index is 481. The van der Waals surface area contributed by atoms with Gasteiger partial charge in [-0.3, -0.25) is 4.98 Å². The second-order valence-electron chi connectivity index (χ2n) is 5.72. The average Bonchev–Trinajstić information content (AvgIpc) is 2.56. The maximum absolute atomic E-state index is 12.8. The summed E-state index contributed by atoms with van der Waals surface area (Å²) < 4.78 is 38.3. The van der Waals surface area contributed by atoms with Crippen molar-refractivity contribution in [3.05, 3.63) is 54.4 Å². The van der Waals surface area contributed by atoms with Crippen LogP contribution in [0.3, 0.4) is 0 Å². The molecule has 0 saturated heterocycles. The lowest BCUT2D eigenvalue weighted by Gasteiger charge is -2.12. The van der Waals surface area contributed by atoms with Crippen molar-refractivity contribution in [1.29, 1.82) is 0 Å². The van der Waals surface area contributed by atoms with Crippen LogP contribution >= 0.6 is 0 Å². The highest BCUT2D eigenvalue weighted by Gasteiger charge is 2.26. The van der Waals surface area contributed by atoms with E-state index < -0.39 is 11.6 Å².